The number of likely N-dealkylation sites (tertiary alicyclic amines) is 1. The maximum atomic E-state index is 6.26. The third-order valence-corrected chi connectivity index (χ3v) is 5.82. The molecule has 6 nitrogen and oxygen atoms in total. The normalized spacial score (nSPS) is 15.3. The predicted octanol–water partition coefficient (Wildman–Crippen LogP) is 3.60. The van der Waals surface area contributed by atoms with Crippen LogP contribution in [0.2, 0.25) is 0 Å². The Morgan fingerprint density at radius 1 is 1.19 bits per heavy atom. The van der Waals surface area contributed by atoms with E-state index in [0.717, 1.165) is 58.2 Å². The minimum absolute atomic E-state index is 0.497. The lowest BCUT2D eigenvalue weighted by Crippen LogP contribution is -2.22. The Labute approximate surface area is 167 Å². The fraction of sp³-hybridized carbons (Fsp3) is 0.500. The van der Waals surface area contributed by atoms with Crippen LogP contribution in [-0.2, 0) is 17.7 Å². The number of halogens is 1. The van der Waals surface area contributed by atoms with Gasteiger partial charge in [-0.25, -0.2) is 9.97 Å². The van der Waals surface area contributed by atoms with Gasteiger partial charge in [0.15, 0.2) is 5.82 Å². The van der Waals surface area contributed by atoms with Crippen molar-refractivity contribution in [2.45, 2.75) is 32.2 Å². The number of pyridine rings is 1. The van der Waals surface area contributed by atoms with Crippen molar-refractivity contribution in [1.29, 1.82) is 0 Å². The van der Waals surface area contributed by atoms with Crippen LogP contribution in [0.5, 0.6) is 0 Å². The molecule has 7 heteroatoms. The van der Waals surface area contributed by atoms with E-state index >= 15 is 0 Å². The number of nitrogens with zero attached hydrogens (tertiary/aromatic N) is 4. The molecule has 1 aliphatic rings. The maximum Gasteiger partial charge on any atom is 0.152 e. The zero-order valence-electron chi connectivity index (χ0n) is 15.7. The highest BCUT2D eigenvalue weighted by atomic mass is 79.9. The van der Waals surface area contributed by atoms with E-state index in [1.165, 1.54) is 25.9 Å². The molecule has 2 aromatic heterocycles. The summed E-state index contributed by atoms with van der Waals surface area (Å²) in [7, 11) is 1.72. The molecule has 0 atom stereocenters. The van der Waals surface area contributed by atoms with Gasteiger partial charge in [-0.1, -0.05) is 15.9 Å². The second-order valence-corrected chi connectivity index (χ2v) is 8.10. The van der Waals surface area contributed by atoms with E-state index in [1.54, 1.807) is 7.11 Å². The quantitative estimate of drug-likeness (QED) is 0.618. The van der Waals surface area contributed by atoms with Gasteiger partial charge in [0.1, 0.15) is 11.3 Å². The van der Waals surface area contributed by atoms with Crippen molar-refractivity contribution in [2.24, 2.45) is 0 Å². The van der Waals surface area contributed by atoms with Gasteiger partial charge < -0.3 is 19.9 Å². The number of nitrogens with two attached hydrogens (primary N) is 1. The molecular formula is C20H26BrN5O. The SMILES string of the molecule is COCCc1nc2c(N)nc3ccc(Br)cc3c2n1CCCN1CCCC1. The Bertz CT molecular complexity index is 949. The lowest BCUT2D eigenvalue weighted by Gasteiger charge is -2.16. The van der Waals surface area contributed by atoms with E-state index in [4.69, 9.17) is 15.5 Å². The molecule has 4 rings (SSSR count). The molecule has 3 aromatic rings. The van der Waals surface area contributed by atoms with Crippen LogP contribution in [0.25, 0.3) is 21.9 Å². The summed E-state index contributed by atoms with van der Waals surface area (Å²) in [6.07, 6.45) is 4.52. The fourth-order valence-electron chi connectivity index (χ4n) is 4.01. The standard InChI is InChI=1S/C20H26BrN5O/c1-27-12-7-17-24-18-19(26(17)11-4-10-25-8-2-3-9-25)15-13-14(21)5-6-16(15)23-20(18)22/h5-6,13H,2-4,7-12H2,1H3,(H2,22,23). The van der Waals surface area contributed by atoms with Crippen LogP contribution in [-0.4, -0.2) is 52.8 Å². The molecule has 1 aliphatic heterocycles. The average molecular weight is 432 g/mol. The van der Waals surface area contributed by atoms with Crippen LogP contribution in [0, 0.1) is 0 Å². The van der Waals surface area contributed by atoms with Gasteiger partial charge in [-0.15, -0.1) is 0 Å². The minimum Gasteiger partial charge on any atom is -0.384 e. The van der Waals surface area contributed by atoms with E-state index in [1.807, 2.05) is 12.1 Å². The topological polar surface area (TPSA) is 69.2 Å². The largest absolute Gasteiger partial charge is 0.384 e. The summed E-state index contributed by atoms with van der Waals surface area (Å²) < 4.78 is 8.67. The molecule has 0 saturated carbocycles. The first kappa shape index (κ1) is 18.7. The molecular weight excluding hydrogens is 406 g/mol. The van der Waals surface area contributed by atoms with Crippen molar-refractivity contribution in [3.05, 3.63) is 28.5 Å². The molecule has 1 aromatic carbocycles. The zero-order valence-corrected chi connectivity index (χ0v) is 17.3. The van der Waals surface area contributed by atoms with Crippen molar-refractivity contribution >= 4 is 43.7 Å². The fourth-order valence-corrected chi connectivity index (χ4v) is 4.37. The number of benzene rings is 1. The number of aryl methyl sites for hydroxylation is 1. The van der Waals surface area contributed by atoms with Gasteiger partial charge >= 0.3 is 0 Å². The van der Waals surface area contributed by atoms with Gasteiger partial charge in [0, 0.05) is 29.9 Å². The van der Waals surface area contributed by atoms with Gasteiger partial charge in [0.05, 0.1) is 17.6 Å². The van der Waals surface area contributed by atoms with Crippen molar-refractivity contribution in [3.8, 4) is 0 Å². The van der Waals surface area contributed by atoms with Crippen LogP contribution in [0.15, 0.2) is 22.7 Å². The van der Waals surface area contributed by atoms with E-state index in [0.29, 0.717) is 12.4 Å². The number of rotatable bonds is 7. The summed E-state index contributed by atoms with van der Waals surface area (Å²) in [5.74, 6) is 1.52. The van der Waals surface area contributed by atoms with Gasteiger partial charge in [-0.3, -0.25) is 0 Å². The lowest BCUT2D eigenvalue weighted by atomic mass is 10.2. The van der Waals surface area contributed by atoms with Crippen LogP contribution < -0.4 is 5.73 Å². The third-order valence-electron chi connectivity index (χ3n) is 5.33. The number of methoxy groups -OCH3 is 1. The maximum absolute atomic E-state index is 6.26. The first-order valence-electron chi connectivity index (χ1n) is 9.62. The molecule has 3 heterocycles. The number of hydrogen-bond acceptors (Lipinski definition) is 5. The Kier molecular flexibility index (Phi) is 5.61. The van der Waals surface area contributed by atoms with Crippen molar-refractivity contribution in [3.63, 3.8) is 0 Å². The number of aromatic nitrogens is 3. The lowest BCUT2D eigenvalue weighted by molar-refractivity contribution is 0.199. The summed E-state index contributed by atoms with van der Waals surface area (Å²) in [5, 5.41) is 1.09. The highest BCUT2D eigenvalue weighted by molar-refractivity contribution is 9.10. The predicted molar refractivity (Wildman–Crippen MR) is 113 cm³/mol. The van der Waals surface area contributed by atoms with Crippen molar-refractivity contribution in [1.82, 2.24) is 19.4 Å². The molecule has 0 bridgehead atoms. The van der Waals surface area contributed by atoms with Gasteiger partial charge in [-0.05, 0) is 57.1 Å². The smallest absolute Gasteiger partial charge is 0.152 e. The molecule has 0 unspecified atom stereocenters. The number of fused-ring (bicyclic) bond motifs is 3. The first-order valence-corrected chi connectivity index (χ1v) is 10.4. The Balaban J connectivity index is 1.76. The number of imidazole rings is 1. The van der Waals surface area contributed by atoms with Crippen LogP contribution in [0.4, 0.5) is 5.82 Å². The highest BCUT2D eigenvalue weighted by Crippen LogP contribution is 2.31. The molecule has 0 amide bonds. The number of anilines is 1. The molecule has 0 spiro atoms. The van der Waals surface area contributed by atoms with Crippen LogP contribution in [0.3, 0.4) is 0 Å². The summed E-state index contributed by atoms with van der Waals surface area (Å²) in [5.41, 5.74) is 9.05. The second kappa shape index (κ2) is 8.12. The molecule has 144 valence electrons. The van der Waals surface area contributed by atoms with Crippen molar-refractivity contribution in [2.75, 3.05) is 39.1 Å². The van der Waals surface area contributed by atoms with Gasteiger partial charge in [-0.2, -0.15) is 0 Å². The van der Waals surface area contributed by atoms with E-state index in [2.05, 4.69) is 36.4 Å². The minimum atomic E-state index is 0.497. The second-order valence-electron chi connectivity index (χ2n) is 7.18. The Morgan fingerprint density at radius 3 is 2.78 bits per heavy atom. The molecule has 27 heavy (non-hydrogen) atoms. The van der Waals surface area contributed by atoms with E-state index in [-0.39, 0.29) is 0 Å². The summed E-state index contributed by atoms with van der Waals surface area (Å²) in [4.78, 5) is 12.0. The Hall–Kier alpha value is -1.70. The molecule has 0 aliphatic carbocycles. The molecule has 0 radical (unpaired) electrons. The Morgan fingerprint density at radius 2 is 2.00 bits per heavy atom. The average Bonchev–Trinajstić information content (AvgIpc) is 3.29. The zero-order chi connectivity index (χ0) is 18.8. The number of ether oxygens (including phenoxy) is 1. The number of hydrogen-bond donors (Lipinski definition) is 1. The molecule has 2 N–H and O–H groups in total. The highest BCUT2D eigenvalue weighted by Gasteiger charge is 2.18. The van der Waals surface area contributed by atoms with Gasteiger partial charge in [0.2, 0.25) is 0 Å². The van der Waals surface area contributed by atoms with Crippen LogP contribution in [0.1, 0.15) is 25.1 Å². The van der Waals surface area contributed by atoms with Crippen molar-refractivity contribution < 1.29 is 4.74 Å². The van der Waals surface area contributed by atoms with Crippen LogP contribution >= 0.6 is 15.9 Å². The van der Waals surface area contributed by atoms with E-state index in [9.17, 15) is 0 Å². The molecule has 1 fully saturated rings. The monoisotopic (exact) mass is 431 g/mol. The summed E-state index contributed by atoms with van der Waals surface area (Å²) in [6, 6.07) is 6.12. The third kappa shape index (κ3) is 3.81. The summed E-state index contributed by atoms with van der Waals surface area (Å²) in [6.45, 7) is 5.16. The molecule has 1 saturated heterocycles. The summed E-state index contributed by atoms with van der Waals surface area (Å²) >= 11 is 3.59. The van der Waals surface area contributed by atoms with E-state index < -0.39 is 0 Å². The number of nitrogen functional groups attached to an aromatic ring is 1. The first-order chi connectivity index (χ1) is 13.2. The van der Waals surface area contributed by atoms with Gasteiger partial charge in [0.25, 0.3) is 0 Å².